The third kappa shape index (κ3) is 3.90. The zero-order chi connectivity index (χ0) is 24.8. The van der Waals surface area contributed by atoms with Gasteiger partial charge in [-0.1, -0.05) is 0 Å². The summed E-state index contributed by atoms with van der Waals surface area (Å²) in [6, 6.07) is 0.771. The lowest BCUT2D eigenvalue weighted by molar-refractivity contribution is -0.0705. The number of likely N-dealkylation sites (tertiary alicyclic amines) is 1. The molecule has 3 aliphatic rings. The monoisotopic (exact) mass is 496 g/mol. The molecule has 3 aromatic rings. The van der Waals surface area contributed by atoms with E-state index in [4.69, 9.17) is 9.47 Å². The molecule has 0 unspecified atom stereocenters. The second-order valence-corrected chi connectivity index (χ2v) is 9.40. The highest BCUT2D eigenvalue weighted by atomic mass is 19.1. The van der Waals surface area contributed by atoms with Gasteiger partial charge >= 0.3 is 0 Å². The van der Waals surface area contributed by atoms with Crippen LogP contribution in [0, 0.1) is 5.82 Å². The maximum atomic E-state index is 15.4. The van der Waals surface area contributed by atoms with Crippen molar-refractivity contribution in [3.05, 3.63) is 35.3 Å². The first-order valence-electron chi connectivity index (χ1n) is 12.3. The first kappa shape index (κ1) is 22.9. The molecule has 3 aliphatic heterocycles. The fraction of sp³-hybridized carbons (Fsp3) is 0.500. The number of hydrogen-bond acceptors (Lipinski definition) is 8. The number of imidazole rings is 1. The molecule has 0 atom stereocenters. The largest absolute Gasteiger partial charge is 0.479 e. The fourth-order valence-electron chi connectivity index (χ4n) is 5.24. The molecule has 2 saturated heterocycles. The van der Waals surface area contributed by atoms with Crippen molar-refractivity contribution in [2.24, 2.45) is 0 Å². The number of fused-ring (bicyclic) bond motifs is 2. The van der Waals surface area contributed by atoms with Gasteiger partial charge in [0.1, 0.15) is 17.0 Å². The highest BCUT2D eigenvalue weighted by molar-refractivity contribution is 5.95. The zero-order valence-electron chi connectivity index (χ0n) is 20.3. The Balaban J connectivity index is 1.29. The van der Waals surface area contributed by atoms with Crippen LogP contribution in [-0.2, 0) is 11.2 Å². The number of piperidine rings is 1. The SMILES string of the molecule is CNC(=O)c1cnc2n1C=C(c1c(F)cn3nc(NC4CCN(C5COC5)CC4)nc(OC)c13)CC2. The van der Waals surface area contributed by atoms with Crippen LogP contribution in [0.2, 0.25) is 0 Å². The molecule has 0 aliphatic carbocycles. The van der Waals surface area contributed by atoms with E-state index in [-0.39, 0.29) is 11.9 Å². The van der Waals surface area contributed by atoms with Gasteiger partial charge in [-0.05, 0) is 24.8 Å². The van der Waals surface area contributed by atoms with Crippen LogP contribution < -0.4 is 15.4 Å². The lowest BCUT2D eigenvalue weighted by Crippen LogP contribution is -2.53. The van der Waals surface area contributed by atoms with Crippen molar-refractivity contribution in [3.8, 4) is 5.88 Å². The van der Waals surface area contributed by atoms with Gasteiger partial charge < -0.3 is 20.1 Å². The van der Waals surface area contributed by atoms with Crippen LogP contribution in [0.1, 0.15) is 41.1 Å². The summed E-state index contributed by atoms with van der Waals surface area (Å²) in [5, 5.41) is 10.6. The predicted molar refractivity (Wildman–Crippen MR) is 130 cm³/mol. The van der Waals surface area contributed by atoms with E-state index < -0.39 is 5.82 Å². The van der Waals surface area contributed by atoms with Gasteiger partial charge in [-0.25, -0.2) is 13.9 Å². The number of allylic oxidation sites excluding steroid dienone is 1. The smallest absolute Gasteiger partial charge is 0.269 e. The van der Waals surface area contributed by atoms with Crippen LogP contribution >= 0.6 is 0 Å². The Labute approximate surface area is 207 Å². The van der Waals surface area contributed by atoms with Crippen LogP contribution in [0.4, 0.5) is 10.3 Å². The summed E-state index contributed by atoms with van der Waals surface area (Å²) in [5.74, 6) is 0.776. The average Bonchev–Trinajstić information content (AvgIpc) is 3.43. The Morgan fingerprint density at radius 1 is 1.25 bits per heavy atom. The topological polar surface area (TPSA) is 111 Å². The van der Waals surface area contributed by atoms with Crippen LogP contribution in [0.15, 0.2) is 12.4 Å². The summed E-state index contributed by atoms with van der Waals surface area (Å²) in [6.07, 6.45) is 7.74. The van der Waals surface area contributed by atoms with Gasteiger partial charge in [0.15, 0.2) is 5.82 Å². The Bertz CT molecular complexity index is 1340. The van der Waals surface area contributed by atoms with Gasteiger partial charge in [0.2, 0.25) is 11.8 Å². The quantitative estimate of drug-likeness (QED) is 0.530. The molecule has 3 aromatic heterocycles. The molecule has 6 rings (SSSR count). The molecular weight excluding hydrogens is 467 g/mol. The zero-order valence-corrected chi connectivity index (χ0v) is 20.3. The first-order chi connectivity index (χ1) is 17.6. The van der Waals surface area contributed by atoms with Gasteiger partial charge in [-0.2, -0.15) is 4.98 Å². The number of nitrogens with one attached hydrogen (secondary N) is 2. The molecule has 2 fully saturated rings. The molecule has 2 N–H and O–H groups in total. The number of ether oxygens (including phenoxy) is 2. The Morgan fingerprint density at radius 3 is 2.75 bits per heavy atom. The number of aromatic nitrogens is 5. The summed E-state index contributed by atoms with van der Waals surface area (Å²) in [7, 11) is 3.09. The van der Waals surface area contributed by atoms with E-state index in [2.05, 4.69) is 30.6 Å². The van der Waals surface area contributed by atoms with Gasteiger partial charge in [-0.3, -0.25) is 14.3 Å². The molecule has 0 saturated carbocycles. The lowest BCUT2D eigenvalue weighted by atomic mass is 10.0. The summed E-state index contributed by atoms with van der Waals surface area (Å²) in [6.45, 7) is 3.64. The van der Waals surface area contributed by atoms with E-state index in [1.165, 1.54) is 24.0 Å². The van der Waals surface area contributed by atoms with Crippen LogP contribution in [0.25, 0.3) is 17.3 Å². The number of amides is 1. The maximum Gasteiger partial charge on any atom is 0.269 e. The standard InChI is InChI=1S/C24H29FN8O3/c1-26-22(34)18-9-27-19-4-3-14(10-32(18)19)20-17(25)11-33-21(20)23(35-2)29-24(30-33)28-15-5-7-31(8-6-15)16-12-36-13-16/h9-11,15-16H,3-8,12-13H2,1-2H3,(H,26,34)(H,28,30). The summed E-state index contributed by atoms with van der Waals surface area (Å²) < 4.78 is 29.5. The van der Waals surface area contributed by atoms with Crippen molar-refractivity contribution in [3.63, 3.8) is 0 Å². The molecule has 6 heterocycles. The van der Waals surface area contributed by atoms with Gasteiger partial charge in [0, 0.05) is 44.4 Å². The van der Waals surface area contributed by atoms with E-state index >= 15 is 4.39 Å². The number of aryl methyl sites for hydroxylation is 1. The van der Waals surface area contributed by atoms with E-state index in [1.54, 1.807) is 17.8 Å². The van der Waals surface area contributed by atoms with E-state index in [9.17, 15) is 4.79 Å². The Kier molecular flexibility index (Phi) is 5.84. The summed E-state index contributed by atoms with van der Waals surface area (Å²) in [4.78, 5) is 23.6. The molecule has 0 radical (unpaired) electrons. The number of anilines is 1. The highest BCUT2D eigenvalue weighted by Crippen LogP contribution is 2.36. The van der Waals surface area contributed by atoms with Crippen LogP contribution in [0.5, 0.6) is 5.88 Å². The molecule has 190 valence electrons. The minimum atomic E-state index is -0.424. The maximum absolute atomic E-state index is 15.4. The highest BCUT2D eigenvalue weighted by Gasteiger charge is 2.30. The Morgan fingerprint density at radius 2 is 2.06 bits per heavy atom. The summed E-state index contributed by atoms with van der Waals surface area (Å²) in [5.41, 5.74) is 1.95. The minimum Gasteiger partial charge on any atom is -0.479 e. The van der Waals surface area contributed by atoms with Crippen molar-refractivity contribution < 1.29 is 18.7 Å². The molecule has 12 heteroatoms. The molecule has 0 spiro atoms. The number of carbonyl (C=O) groups is 1. The van der Waals surface area contributed by atoms with Gasteiger partial charge in [0.25, 0.3) is 5.91 Å². The Hall–Kier alpha value is -3.51. The van der Waals surface area contributed by atoms with Crippen molar-refractivity contribution >= 4 is 29.1 Å². The molecule has 36 heavy (non-hydrogen) atoms. The second-order valence-electron chi connectivity index (χ2n) is 9.40. The minimum absolute atomic E-state index is 0.230. The van der Waals surface area contributed by atoms with Crippen molar-refractivity contribution in [2.45, 2.75) is 37.8 Å². The first-order valence-corrected chi connectivity index (χ1v) is 12.3. The molecule has 1 amide bonds. The number of halogens is 1. The fourth-order valence-corrected chi connectivity index (χ4v) is 5.24. The molecular formula is C24H29FN8O3. The third-order valence-corrected chi connectivity index (χ3v) is 7.30. The van der Waals surface area contributed by atoms with Crippen molar-refractivity contribution in [1.82, 2.24) is 34.4 Å². The normalized spacial score (nSPS) is 19.0. The van der Waals surface area contributed by atoms with E-state index in [0.717, 1.165) is 50.5 Å². The number of nitrogens with zero attached hydrogens (tertiary/aromatic N) is 6. The average molecular weight is 497 g/mol. The van der Waals surface area contributed by atoms with Crippen LogP contribution in [0.3, 0.4) is 0 Å². The van der Waals surface area contributed by atoms with E-state index in [0.29, 0.717) is 47.5 Å². The predicted octanol–water partition coefficient (Wildman–Crippen LogP) is 1.65. The molecule has 0 bridgehead atoms. The number of methoxy groups -OCH3 is 1. The number of carbonyl (C=O) groups excluding carboxylic acids is 1. The number of hydrogen-bond donors (Lipinski definition) is 2. The van der Waals surface area contributed by atoms with Crippen LogP contribution in [-0.4, -0.2) is 87.5 Å². The van der Waals surface area contributed by atoms with Gasteiger partial charge in [-0.15, -0.1) is 5.10 Å². The van der Waals surface area contributed by atoms with Crippen molar-refractivity contribution in [2.75, 3.05) is 45.8 Å². The van der Waals surface area contributed by atoms with E-state index in [1.807, 2.05) is 0 Å². The third-order valence-electron chi connectivity index (χ3n) is 7.30. The molecule has 0 aromatic carbocycles. The second kappa shape index (κ2) is 9.17. The lowest BCUT2D eigenvalue weighted by Gasteiger charge is -2.41. The summed E-state index contributed by atoms with van der Waals surface area (Å²) >= 11 is 0. The van der Waals surface area contributed by atoms with Crippen molar-refractivity contribution in [1.29, 1.82) is 0 Å². The van der Waals surface area contributed by atoms with Gasteiger partial charge in [0.05, 0.1) is 38.8 Å². The molecule has 11 nitrogen and oxygen atoms in total. The number of rotatable bonds is 6.